The minimum atomic E-state index is 0.967. The minimum Gasteiger partial charge on any atom is -0.103 e. The average molecular weight is 158 g/mol. The van der Waals surface area contributed by atoms with Crippen LogP contribution in [-0.4, -0.2) is 0 Å². The van der Waals surface area contributed by atoms with Crippen molar-refractivity contribution in [1.29, 1.82) is 0 Å². The molecule has 12 heavy (non-hydrogen) atoms. The molecule has 0 aliphatic carbocycles. The zero-order chi connectivity index (χ0) is 8.81. The molecule has 1 aromatic rings. The molecule has 0 spiro atoms. The van der Waals surface area contributed by atoms with Gasteiger partial charge in [0.25, 0.3) is 0 Å². The van der Waals surface area contributed by atoms with Gasteiger partial charge in [-0.05, 0) is 18.9 Å². The van der Waals surface area contributed by atoms with Gasteiger partial charge in [0.15, 0.2) is 0 Å². The van der Waals surface area contributed by atoms with E-state index >= 15 is 0 Å². The standard InChI is InChI=1S/C12H14/c1-3-7-11(2)10-12-8-5-4-6-9-12/h3-6,8-10H,1,7H2,2H3. The molecule has 0 N–H and O–H groups in total. The van der Waals surface area contributed by atoms with Crippen LogP contribution in [0.25, 0.3) is 6.08 Å². The summed E-state index contributed by atoms with van der Waals surface area (Å²) < 4.78 is 0. The molecule has 1 aromatic carbocycles. The second-order valence-electron chi connectivity index (χ2n) is 2.89. The van der Waals surface area contributed by atoms with Gasteiger partial charge >= 0.3 is 0 Å². The van der Waals surface area contributed by atoms with Crippen LogP contribution < -0.4 is 0 Å². The van der Waals surface area contributed by atoms with Gasteiger partial charge in [-0.1, -0.05) is 48.1 Å². The fourth-order valence-corrected chi connectivity index (χ4v) is 1.12. The summed E-state index contributed by atoms with van der Waals surface area (Å²) in [7, 11) is 0. The predicted molar refractivity (Wildman–Crippen MR) is 54.9 cm³/mol. The Balaban J connectivity index is 2.74. The van der Waals surface area contributed by atoms with Crippen molar-refractivity contribution in [3.05, 3.63) is 54.1 Å². The highest BCUT2D eigenvalue weighted by atomic mass is 13.9. The maximum absolute atomic E-state index is 3.70. The zero-order valence-corrected chi connectivity index (χ0v) is 7.46. The topological polar surface area (TPSA) is 0 Å². The molecule has 0 amide bonds. The lowest BCUT2D eigenvalue weighted by Gasteiger charge is -1.95. The SMILES string of the molecule is C=CCC(C)=Cc1ccccc1. The van der Waals surface area contributed by atoms with E-state index in [4.69, 9.17) is 0 Å². The Labute approximate surface area is 74.2 Å². The maximum atomic E-state index is 3.70. The van der Waals surface area contributed by atoms with Crippen molar-refractivity contribution in [3.8, 4) is 0 Å². The van der Waals surface area contributed by atoms with Crippen LogP contribution in [0.5, 0.6) is 0 Å². The molecule has 0 unspecified atom stereocenters. The van der Waals surface area contributed by atoms with Gasteiger partial charge in [0.1, 0.15) is 0 Å². The fraction of sp³-hybridized carbons (Fsp3) is 0.167. The molecule has 1 rings (SSSR count). The molecule has 62 valence electrons. The van der Waals surface area contributed by atoms with E-state index in [0.717, 1.165) is 6.42 Å². The van der Waals surface area contributed by atoms with E-state index < -0.39 is 0 Å². The lowest BCUT2D eigenvalue weighted by atomic mass is 10.1. The van der Waals surface area contributed by atoms with Crippen LogP contribution >= 0.6 is 0 Å². The van der Waals surface area contributed by atoms with Crippen molar-refractivity contribution in [1.82, 2.24) is 0 Å². The summed E-state index contributed by atoms with van der Waals surface area (Å²) in [5, 5.41) is 0. The molecule has 0 heteroatoms. The molecule has 0 atom stereocenters. The van der Waals surface area contributed by atoms with E-state index in [9.17, 15) is 0 Å². The summed E-state index contributed by atoms with van der Waals surface area (Å²) in [5.41, 5.74) is 2.60. The van der Waals surface area contributed by atoms with Crippen LogP contribution in [0.2, 0.25) is 0 Å². The van der Waals surface area contributed by atoms with Gasteiger partial charge in [-0.3, -0.25) is 0 Å². The maximum Gasteiger partial charge on any atom is -0.0141 e. The first kappa shape index (κ1) is 8.79. The fourth-order valence-electron chi connectivity index (χ4n) is 1.12. The molecular weight excluding hydrogens is 144 g/mol. The number of benzene rings is 1. The van der Waals surface area contributed by atoms with Crippen molar-refractivity contribution in [3.63, 3.8) is 0 Å². The molecule has 0 heterocycles. The first-order valence-electron chi connectivity index (χ1n) is 4.16. The van der Waals surface area contributed by atoms with Gasteiger partial charge < -0.3 is 0 Å². The van der Waals surface area contributed by atoms with Crippen LogP contribution in [0.3, 0.4) is 0 Å². The third-order valence-corrected chi connectivity index (χ3v) is 1.68. The van der Waals surface area contributed by atoms with Crippen molar-refractivity contribution >= 4 is 6.08 Å². The quantitative estimate of drug-likeness (QED) is 0.589. The summed E-state index contributed by atoms with van der Waals surface area (Å²) in [5.74, 6) is 0. The zero-order valence-electron chi connectivity index (χ0n) is 7.46. The predicted octanol–water partition coefficient (Wildman–Crippen LogP) is 3.67. The van der Waals surface area contributed by atoms with Crippen molar-refractivity contribution in [2.45, 2.75) is 13.3 Å². The lowest BCUT2D eigenvalue weighted by Crippen LogP contribution is -1.74. The molecule has 0 nitrogen and oxygen atoms in total. The van der Waals surface area contributed by atoms with Crippen LogP contribution in [0.4, 0.5) is 0 Å². The third-order valence-electron chi connectivity index (χ3n) is 1.68. The normalized spacial score (nSPS) is 11.2. The van der Waals surface area contributed by atoms with Gasteiger partial charge in [-0.2, -0.15) is 0 Å². The Morgan fingerprint density at radius 2 is 2.00 bits per heavy atom. The Morgan fingerprint density at radius 1 is 1.33 bits per heavy atom. The molecule has 0 fully saturated rings. The smallest absolute Gasteiger partial charge is 0.0141 e. The molecular formula is C12H14. The third kappa shape index (κ3) is 2.75. The van der Waals surface area contributed by atoms with E-state index in [2.05, 4.69) is 31.7 Å². The van der Waals surface area contributed by atoms with E-state index in [0.29, 0.717) is 0 Å². The Morgan fingerprint density at radius 3 is 2.58 bits per heavy atom. The summed E-state index contributed by atoms with van der Waals surface area (Å²) in [6, 6.07) is 10.3. The van der Waals surface area contributed by atoms with Gasteiger partial charge in [0, 0.05) is 0 Å². The van der Waals surface area contributed by atoms with Gasteiger partial charge in [0.2, 0.25) is 0 Å². The van der Waals surface area contributed by atoms with E-state index in [1.54, 1.807) is 0 Å². The summed E-state index contributed by atoms with van der Waals surface area (Å²) in [4.78, 5) is 0. The van der Waals surface area contributed by atoms with Crippen molar-refractivity contribution in [2.75, 3.05) is 0 Å². The Bertz CT molecular complexity index is 267. The second-order valence-corrected chi connectivity index (χ2v) is 2.89. The van der Waals surface area contributed by atoms with Crippen LogP contribution in [-0.2, 0) is 0 Å². The first-order valence-corrected chi connectivity index (χ1v) is 4.16. The molecule has 0 bridgehead atoms. The van der Waals surface area contributed by atoms with E-state index in [-0.39, 0.29) is 0 Å². The van der Waals surface area contributed by atoms with Gasteiger partial charge in [0.05, 0.1) is 0 Å². The molecule has 0 radical (unpaired) electrons. The van der Waals surface area contributed by atoms with Gasteiger partial charge in [-0.15, -0.1) is 6.58 Å². The van der Waals surface area contributed by atoms with Crippen LogP contribution in [0.15, 0.2) is 48.6 Å². The minimum absolute atomic E-state index is 0.967. The van der Waals surface area contributed by atoms with Crippen molar-refractivity contribution in [2.24, 2.45) is 0 Å². The average Bonchev–Trinajstić information content (AvgIpc) is 2.06. The first-order chi connectivity index (χ1) is 5.83. The summed E-state index contributed by atoms with van der Waals surface area (Å²) in [6.07, 6.45) is 5.07. The van der Waals surface area contributed by atoms with Gasteiger partial charge in [-0.25, -0.2) is 0 Å². The highest BCUT2D eigenvalue weighted by Crippen LogP contribution is 2.08. The molecule has 0 aliphatic rings. The molecule has 0 aliphatic heterocycles. The monoisotopic (exact) mass is 158 g/mol. The van der Waals surface area contributed by atoms with E-state index in [1.165, 1.54) is 11.1 Å². The number of hydrogen-bond donors (Lipinski definition) is 0. The van der Waals surface area contributed by atoms with Crippen LogP contribution in [0.1, 0.15) is 18.9 Å². The largest absolute Gasteiger partial charge is 0.103 e. The summed E-state index contributed by atoms with van der Waals surface area (Å²) >= 11 is 0. The molecule has 0 saturated carbocycles. The highest BCUT2D eigenvalue weighted by molar-refractivity contribution is 5.52. The number of rotatable bonds is 3. The molecule has 0 aromatic heterocycles. The highest BCUT2D eigenvalue weighted by Gasteiger charge is 1.86. The lowest BCUT2D eigenvalue weighted by molar-refractivity contribution is 1.24. The van der Waals surface area contributed by atoms with E-state index in [1.807, 2.05) is 24.3 Å². The second kappa shape index (κ2) is 4.55. The summed E-state index contributed by atoms with van der Waals surface area (Å²) in [6.45, 7) is 5.82. The molecule has 0 saturated heterocycles. The Kier molecular flexibility index (Phi) is 3.34. The van der Waals surface area contributed by atoms with Crippen LogP contribution in [0, 0.1) is 0 Å². The van der Waals surface area contributed by atoms with Crippen molar-refractivity contribution < 1.29 is 0 Å². The Hall–Kier alpha value is -1.30. The number of hydrogen-bond acceptors (Lipinski definition) is 0. The number of allylic oxidation sites excluding steroid dienone is 2.